The van der Waals surface area contributed by atoms with E-state index in [-0.39, 0.29) is 18.0 Å². The van der Waals surface area contributed by atoms with E-state index in [4.69, 9.17) is 14.0 Å². The van der Waals surface area contributed by atoms with E-state index in [0.717, 1.165) is 11.3 Å². The van der Waals surface area contributed by atoms with Crippen LogP contribution in [-0.2, 0) is 16.1 Å². The van der Waals surface area contributed by atoms with Crippen LogP contribution in [0.2, 0.25) is 0 Å². The molecule has 0 aliphatic carbocycles. The zero-order valence-electron chi connectivity index (χ0n) is 18.3. The molecule has 0 saturated heterocycles. The molecular weight excluding hydrogens is 412 g/mol. The molecule has 1 amide bonds. The highest BCUT2D eigenvalue weighted by Crippen LogP contribution is 2.19. The zero-order valence-corrected chi connectivity index (χ0v) is 18.3. The van der Waals surface area contributed by atoms with Gasteiger partial charge in [0.05, 0.1) is 16.8 Å². The Kier molecular flexibility index (Phi) is 7.04. The van der Waals surface area contributed by atoms with Crippen LogP contribution in [0.15, 0.2) is 53.1 Å². The monoisotopic (exact) mass is 436 g/mol. The number of carbonyl (C=O) groups is 3. The Labute approximate surface area is 185 Å². The Morgan fingerprint density at radius 3 is 2.41 bits per heavy atom. The number of carbonyl (C=O) groups excluding carboxylic acids is 3. The van der Waals surface area contributed by atoms with E-state index in [0.29, 0.717) is 22.8 Å². The van der Waals surface area contributed by atoms with Gasteiger partial charge in [-0.15, -0.1) is 0 Å². The van der Waals surface area contributed by atoms with Crippen molar-refractivity contribution in [1.29, 1.82) is 0 Å². The van der Waals surface area contributed by atoms with Crippen molar-refractivity contribution in [2.75, 3.05) is 5.32 Å². The van der Waals surface area contributed by atoms with Crippen molar-refractivity contribution in [3.63, 3.8) is 0 Å². The third-order valence-electron chi connectivity index (χ3n) is 4.85. The number of aryl methyl sites for hydroxylation is 2. The van der Waals surface area contributed by atoms with Crippen molar-refractivity contribution in [2.45, 2.75) is 40.4 Å². The van der Waals surface area contributed by atoms with E-state index in [9.17, 15) is 14.4 Å². The quantitative estimate of drug-likeness (QED) is 0.415. The Bertz CT molecular complexity index is 1110. The zero-order chi connectivity index (χ0) is 23.3. The largest absolute Gasteiger partial charge is 0.489 e. The summed E-state index contributed by atoms with van der Waals surface area (Å²) in [6, 6.07) is 13.0. The van der Waals surface area contributed by atoms with Gasteiger partial charge >= 0.3 is 5.97 Å². The Morgan fingerprint density at radius 1 is 1.06 bits per heavy atom. The highest BCUT2D eigenvalue weighted by molar-refractivity contribution is 5.98. The Morgan fingerprint density at radius 2 is 1.78 bits per heavy atom. The van der Waals surface area contributed by atoms with Crippen LogP contribution in [0.5, 0.6) is 5.75 Å². The van der Waals surface area contributed by atoms with Gasteiger partial charge in [0.2, 0.25) is 0 Å². The van der Waals surface area contributed by atoms with Crippen LogP contribution in [0.4, 0.5) is 5.69 Å². The first-order valence-electron chi connectivity index (χ1n) is 10.0. The molecule has 0 bridgehead atoms. The molecule has 8 heteroatoms. The number of ketones is 1. The van der Waals surface area contributed by atoms with Gasteiger partial charge in [0.15, 0.2) is 11.9 Å². The fourth-order valence-electron chi connectivity index (χ4n) is 2.89. The van der Waals surface area contributed by atoms with Crippen molar-refractivity contribution in [1.82, 2.24) is 5.16 Å². The first-order chi connectivity index (χ1) is 15.2. The van der Waals surface area contributed by atoms with Crippen LogP contribution in [0.25, 0.3) is 0 Å². The number of benzene rings is 2. The van der Waals surface area contributed by atoms with Gasteiger partial charge in [0.25, 0.3) is 5.91 Å². The maximum Gasteiger partial charge on any atom is 0.339 e. The van der Waals surface area contributed by atoms with E-state index in [1.165, 1.54) is 13.8 Å². The molecule has 0 radical (unpaired) electrons. The smallest absolute Gasteiger partial charge is 0.339 e. The van der Waals surface area contributed by atoms with Gasteiger partial charge in [-0.3, -0.25) is 9.59 Å². The fourth-order valence-corrected chi connectivity index (χ4v) is 2.89. The molecule has 0 aliphatic rings. The minimum absolute atomic E-state index is 0.0666. The van der Waals surface area contributed by atoms with Crippen LogP contribution in [0, 0.1) is 13.8 Å². The summed E-state index contributed by atoms with van der Waals surface area (Å²) in [4.78, 5) is 36.2. The van der Waals surface area contributed by atoms with Crippen molar-refractivity contribution >= 4 is 23.3 Å². The molecule has 1 aromatic heterocycles. The van der Waals surface area contributed by atoms with E-state index >= 15 is 0 Å². The average molecular weight is 436 g/mol. The van der Waals surface area contributed by atoms with Crippen LogP contribution < -0.4 is 10.1 Å². The lowest BCUT2D eigenvalue weighted by atomic mass is 10.1. The number of anilines is 1. The summed E-state index contributed by atoms with van der Waals surface area (Å²) in [6.45, 7) is 6.82. The molecule has 3 aromatic rings. The molecule has 166 valence electrons. The maximum absolute atomic E-state index is 12.5. The lowest BCUT2D eigenvalue weighted by molar-refractivity contribution is -0.123. The number of esters is 1. The minimum atomic E-state index is -1.03. The van der Waals surface area contributed by atoms with Crippen LogP contribution in [0.1, 0.15) is 51.6 Å². The summed E-state index contributed by atoms with van der Waals surface area (Å²) in [7, 11) is 0. The van der Waals surface area contributed by atoms with Gasteiger partial charge in [0, 0.05) is 11.3 Å². The summed E-state index contributed by atoms with van der Waals surface area (Å²) >= 11 is 0. The topological polar surface area (TPSA) is 108 Å². The third-order valence-corrected chi connectivity index (χ3v) is 4.85. The molecular formula is C24H24N2O6. The van der Waals surface area contributed by atoms with Crippen molar-refractivity contribution in [2.24, 2.45) is 0 Å². The highest BCUT2D eigenvalue weighted by Gasteiger charge is 2.20. The van der Waals surface area contributed by atoms with Crippen LogP contribution in [-0.4, -0.2) is 28.9 Å². The standard InChI is InChI=1S/C24H24N2O6/c1-14-22(16(3)32-26-14)13-30-21-7-5-6-19(12-21)24(29)31-17(4)23(28)25-20-10-8-18(9-11-20)15(2)27/h5-12,17H,13H2,1-4H3,(H,25,28)/t17-/m1/s1. The fraction of sp³-hybridized carbons (Fsp3) is 0.250. The summed E-state index contributed by atoms with van der Waals surface area (Å²) in [5.41, 5.74) is 2.89. The Hall–Kier alpha value is -3.94. The molecule has 1 N–H and O–H groups in total. The number of Topliss-reactive ketones (excluding diaryl/α,β-unsaturated/α-hetero) is 1. The lowest BCUT2D eigenvalue weighted by Crippen LogP contribution is -2.30. The second kappa shape index (κ2) is 9.91. The predicted molar refractivity (Wildman–Crippen MR) is 117 cm³/mol. The average Bonchev–Trinajstić information content (AvgIpc) is 3.10. The predicted octanol–water partition coefficient (Wildman–Crippen LogP) is 4.26. The summed E-state index contributed by atoms with van der Waals surface area (Å²) in [5, 5.41) is 6.54. The number of nitrogens with zero attached hydrogens (tertiary/aromatic N) is 1. The molecule has 2 aromatic carbocycles. The first kappa shape index (κ1) is 22.7. The molecule has 32 heavy (non-hydrogen) atoms. The molecule has 1 atom stereocenters. The normalized spacial score (nSPS) is 11.5. The number of rotatable bonds is 8. The SMILES string of the molecule is CC(=O)c1ccc(NC(=O)[C@@H](C)OC(=O)c2cccc(OCc3c(C)noc3C)c2)cc1. The highest BCUT2D eigenvalue weighted by atomic mass is 16.5. The van der Waals surface area contributed by atoms with Crippen molar-refractivity contribution in [3.05, 3.63) is 76.7 Å². The number of hydrogen-bond acceptors (Lipinski definition) is 7. The molecule has 3 rings (SSSR count). The third kappa shape index (κ3) is 5.60. The van der Waals surface area contributed by atoms with Gasteiger partial charge in [0.1, 0.15) is 18.1 Å². The van der Waals surface area contributed by atoms with Gasteiger partial charge in [-0.2, -0.15) is 0 Å². The molecule has 0 unspecified atom stereocenters. The van der Waals surface area contributed by atoms with E-state index in [2.05, 4.69) is 10.5 Å². The molecule has 0 fully saturated rings. The van der Waals surface area contributed by atoms with Gasteiger partial charge in [-0.05, 0) is 70.2 Å². The van der Waals surface area contributed by atoms with Crippen molar-refractivity contribution in [3.8, 4) is 5.75 Å². The molecule has 0 aliphatic heterocycles. The number of aromatic nitrogens is 1. The van der Waals surface area contributed by atoms with Crippen molar-refractivity contribution < 1.29 is 28.4 Å². The number of hydrogen-bond donors (Lipinski definition) is 1. The number of nitrogens with one attached hydrogen (secondary N) is 1. The second-order valence-electron chi connectivity index (χ2n) is 7.29. The maximum atomic E-state index is 12.5. The molecule has 8 nitrogen and oxygen atoms in total. The summed E-state index contributed by atoms with van der Waals surface area (Å²) < 4.78 is 16.2. The van der Waals surface area contributed by atoms with Gasteiger partial charge < -0.3 is 19.3 Å². The molecule has 0 saturated carbocycles. The van der Waals surface area contributed by atoms with Crippen LogP contribution >= 0.6 is 0 Å². The van der Waals surface area contributed by atoms with Gasteiger partial charge in [-0.25, -0.2) is 4.79 Å². The summed E-state index contributed by atoms with van der Waals surface area (Å²) in [5.74, 6) is -0.0545. The number of amides is 1. The Balaban J connectivity index is 1.58. The van der Waals surface area contributed by atoms with E-state index < -0.39 is 18.0 Å². The van der Waals surface area contributed by atoms with E-state index in [1.807, 2.05) is 6.92 Å². The first-order valence-corrected chi connectivity index (χ1v) is 10.0. The van der Waals surface area contributed by atoms with Crippen LogP contribution in [0.3, 0.4) is 0 Å². The van der Waals surface area contributed by atoms with E-state index in [1.54, 1.807) is 55.5 Å². The molecule has 0 spiro atoms. The second-order valence-corrected chi connectivity index (χ2v) is 7.29. The molecule has 1 heterocycles. The minimum Gasteiger partial charge on any atom is -0.489 e. The number of ether oxygens (including phenoxy) is 2. The lowest BCUT2D eigenvalue weighted by Gasteiger charge is -2.14. The van der Waals surface area contributed by atoms with Gasteiger partial charge in [-0.1, -0.05) is 11.2 Å². The summed E-state index contributed by atoms with van der Waals surface area (Å²) in [6.07, 6.45) is -1.03.